The van der Waals surface area contributed by atoms with Crippen LogP contribution in [0.15, 0.2) is 18.2 Å². The van der Waals surface area contributed by atoms with Gasteiger partial charge in [-0.05, 0) is 74.5 Å². The standard InChI is InChI=1S/C23H33N3O2/c1-26-12-2-3-20-13-17(6-11-21(20)26)15-25-22(27)18-7-4-16(5-8-18)14-24-23(28)19-9-10-19/h6,11,13,16,18-19H,2-5,7-10,12,14-15H2,1H3,(H,24,28)(H,25,27). The van der Waals surface area contributed by atoms with Crippen molar-refractivity contribution in [1.82, 2.24) is 10.6 Å². The summed E-state index contributed by atoms with van der Waals surface area (Å²) >= 11 is 0. The fraction of sp³-hybridized carbons (Fsp3) is 0.652. The average Bonchev–Trinajstić information content (AvgIpc) is 3.56. The van der Waals surface area contributed by atoms with Crippen molar-refractivity contribution < 1.29 is 9.59 Å². The van der Waals surface area contributed by atoms with Crippen molar-refractivity contribution in [2.45, 2.75) is 57.9 Å². The lowest BCUT2D eigenvalue weighted by molar-refractivity contribution is -0.127. The molecule has 2 N–H and O–H groups in total. The largest absolute Gasteiger partial charge is 0.374 e. The number of hydrogen-bond donors (Lipinski definition) is 2. The van der Waals surface area contributed by atoms with Crippen LogP contribution in [0, 0.1) is 17.8 Å². The van der Waals surface area contributed by atoms with Crippen LogP contribution in [0.3, 0.4) is 0 Å². The van der Waals surface area contributed by atoms with E-state index in [1.807, 2.05) is 0 Å². The number of aryl methyl sites for hydroxylation is 1. The van der Waals surface area contributed by atoms with E-state index in [1.165, 1.54) is 23.2 Å². The number of amides is 2. The minimum Gasteiger partial charge on any atom is -0.374 e. The predicted molar refractivity (Wildman–Crippen MR) is 111 cm³/mol. The van der Waals surface area contributed by atoms with Gasteiger partial charge in [-0.1, -0.05) is 12.1 Å². The molecular weight excluding hydrogens is 350 g/mol. The van der Waals surface area contributed by atoms with Crippen LogP contribution in [-0.2, 0) is 22.6 Å². The van der Waals surface area contributed by atoms with Gasteiger partial charge >= 0.3 is 0 Å². The van der Waals surface area contributed by atoms with Crippen molar-refractivity contribution in [3.63, 3.8) is 0 Å². The number of carbonyl (C=O) groups excluding carboxylic acids is 2. The zero-order valence-electron chi connectivity index (χ0n) is 17.0. The molecule has 0 atom stereocenters. The lowest BCUT2D eigenvalue weighted by atomic mass is 9.81. The first kappa shape index (κ1) is 19.3. The fourth-order valence-corrected chi connectivity index (χ4v) is 4.65. The molecule has 152 valence electrons. The van der Waals surface area contributed by atoms with Gasteiger partial charge in [0.15, 0.2) is 0 Å². The smallest absolute Gasteiger partial charge is 0.223 e. The normalized spacial score (nSPS) is 24.4. The molecule has 3 aliphatic rings. The molecule has 1 aliphatic heterocycles. The molecule has 4 rings (SSSR count). The van der Waals surface area contributed by atoms with Crippen LogP contribution in [0.5, 0.6) is 0 Å². The number of anilines is 1. The molecule has 0 bridgehead atoms. The molecule has 28 heavy (non-hydrogen) atoms. The summed E-state index contributed by atoms with van der Waals surface area (Å²) in [5.41, 5.74) is 3.92. The Morgan fingerprint density at radius 2 is 1.68 bits per heavy atom. The maximum atomic E-state index is 12.6. The lowest BCUT2D eigenvalue weighted by Gasteiger charge is -2.28. The van der Waals surface area contributed by atoms with Crippen LogP contribution in [0.2, 0.25) is 0 Å². The molecule has 0 unspecified atom stereocenters. The van der Waals surface area contributed by atoms with Gasteiger partial charge in [0.2, 0.25) is 11.8 Å². The number of nitrogens with zero attached hydrogens (tertiary/aromatic N) is 1. The Hall–Kier alpha value is -2.04. The molecule has 0 radical (unpaired) electrons. The summed E-state index contributed by atoms with van der Waals surface area (Å²) in [4.78, 5) is 26.7. The quantitative estimate of drug-likeness (QED) is 0.794. The van der Waals surface area contributed by atoms with E-state index in [-0.39, 0.29) is 23.7 Å². The highest BCUT2D eigenvalue weighted by atomic mass is 16.2. The Bertz CT molecular complexity index is 721. The number of fused-ring (bicyclic) bond motifs is 1. The molecule has 2 fully saturated rings. The second-order valence-electron chi connectivity index (χ2n) is 8.94. The Morgan fingerprint density at radius 1 is 1.00 bits per heavy atom. The van der Waals surface area contributed by atoms with Gasteiger partial charge in [0.25, 0.3) is 0 Å². The van der Waals surface area contributed by atoms with E-state index >= 15 is 0 Å². The number of rotatable bonds is 6. The van der Waals surface area contributed by atoms with Gasteiger partial charge in [0.1, 0.15) is 0 Å². The first-order valence-electron chi connectivity index (χ1n) is 11.0. The highest BCUT2D eigenvalue weighted by Gasteiger charge is 2.31. The van der Waals surface area contributed by atoms with E-state index < -0.39 is 0 Å². The molecule has 0 spiro atoms. The average molecular weight is 384 g/mol. The first-order chi connectivity index (χ1) is 13.6. The summed E-state index contributed by atoms with van der Waals surface area (Å²) < 4.78 is 0. The van der Waals surface area contributed by atoms with E-state index in [4.69, 9.17) is 0 Å². The van der Waals surface area contributed by atoms with Gasteiger partial charge in [0, 0.05) is 44.2 Å². The van der Waals surface area contributed by atoms with Gasteiger partial charge in [-0.2, -0.15) is 0 Å². The molecule has 2 saturated carbocycles. The number of hydrogen-bond acceptors (Lipinski definition) is 3. The van der Waals surface area contributed by atoms with Crippen LogP contribution in [0.1, 0.15) is 56.1 Å². The minimum absolute atomic E-state index is 0.124. The summed E-state index contributed by atoms with van der Waals surface area (Å²) in [5.74, 6) is 1.36. The molecule has 1 heterocycles. The maximum absolute atomic E-state index is 12.6. The molecule has 0 saturated heterocycles. The second-order valence-corrected chi connectivity index (χ2v) is 8.94. The van der Waals surface area contributed by atoms with E-state index in [1.54, 1.807) is 0 Å². The Balaban J connectivity index is 1.20. The van der Waals surface area contributed by atoms with Crippen molar-refractivity contribution in [3.05, 3.63) is 29.3 Å². The van der Waals surface area contributed by atoms with Crippen LogP contribution in [-0.4, -0.2) is 32.0 Å². The van der Waals surface area contributed by atoms with Crippen LogP contribution in [0.4, 0.5) is 5.69 Å². The molecular formula is C23H33N3O2. The topological polar surface area (TPSA) is 61.4 Å². The monoisotopic (exact) mass is 383 g/mol. The van der Waals surface area contributed by atoms with Crippen molar-refractivity contribution in [1.29, 1.82) is 0 Å². The zero-order chi connectivity index (χ0) is 19.5. The summed E-state index contributed by atoms with van der Waals surface area (Å²) in [6.45, 7) is 2.52. The van der Waals surface area contributed by atoms with Crippen molar-refractivity contribution in [2.75, 3.05) is 25.0 Å². The number of nitrogens with one attached hydrogen (secondary N) is 2. The van der Waals surface area contributed by atoms with E-state index in [9.17, 15) is 9.59 Å². The highest BCUT2D eigenvalue weighted by Crippen LogP contribution is 2.31. The van der Waals surface area contributed by atoms with Crippen LogP contribution in [0.25, 0.3) is 0 Å². The maximum Gasteiger partial charge on any atom is 0.223 e. The summed E-state index contributed by atoms with van der Waals surface area (Å²) in [7, 11) is 2.15. The third-order valence-corrected chi connectivity index (χ3v) is 6.69. The van der Waals surface area contributed by atoms with Gasteiger partial charge in [0.05, 0.1) is 0 Å². The number of benzene rings is 1. The van der Waals surface area contributed by atoms with Gasteiger partial charge < -0.3 is 15.5 Å². The number of carbonyl (C=O) groups is 2. The Labute approximate surface area is 168 Å². The zero-order valence-corrected chi connectivity index (χ0v) is 17.0. The summed E-state index contributed by atoms with van der Waals surface area (Å²) in [5, 5.41) is 6.24. The van der Waals surface area contributed by atoms with Gasteiger partial charge in [-0.15, -0.1) is 0 Å². The van der Waals surface area contributed by atoms with Gasteiger partial charge in [-0.25, -0.2) is 0 Å². The van der Waals surface area contributed by atoms with E-state index in [2.05, 4.69) is 40.8 Å². The Kier molecular flexibility index (Phi) is 5.88. The van der Waals surface area contributed by atoms with Crippen LogP contribution >= 0.6 is 0 Å². The molecule has 5 heteroatoms. The van der Waals surface area contributed by atoms with Crippen molar-refractivity contribution >= 4 is 17.5 Å². The summed E-state index contributed by atoms with van der Waals surface area (Å²) in [6.07, 6.45) is 8.38. The molecule has 1 aromatic carbocycles. The van der Waals surface area contributed by atoms with E-state index in [0.29, 0.717) is 12.5 Å². The SMILES string of the molecule is CN1CCCc2cc(CNC(=O)C3CCC(CNC(=O)C4CC4)CC3)ccc21. The predicted octanol–water partition coefficient (Wildman–Crippen LogP) is 3.02. The Morgan fingerprint density at radius 3 is 2.39 bits per heavy atom. The molecule has 5 nitrogen and oxygen atoms in total. The van der Waals surface area contributed by atoms with Crippen molar-refractivity contribution in [2.24, 2.45) is 17.8 Å². The molecule has 2 aliphatic carbocycles. The van der Waals surface area contributed by atoms with Crippen molar-refractivity contribution in [3.8, 4) is 0 Å². The molecule has 2 amide bonds. The molecule has 0 aromatic heterocycles. The first-order valence-corrected chi connectivity index (χ1v) is 11.0. The third kappa shape index (κ3) is 4.68. The summed E-state index contributed by atoms with van der Waals surface area (Å²) in [6, 6.07) is 6.59. The van der Waals surface area contributed by atoms with E-state index in [0.717, 1.165) is 58.0 Å². The minimum atomic E-state index is 0.124. The van der Waals surface area contributed by atoms with Crippen LogP contribution < -0.4 is 15.5 Å². The highest BCUT2D eigenvalue weighted by molar-refractivity contribution is 5.81. The fourth-order valence-electron chi connectivity index (χ4n) is 4.65. The lowest BCUT2D eigenvalue weighted by Crippen LogP contribution is -2.36. The third-order valence-electron chi connectivity index (χ3n) is 6.69. The van der Waals surface area contributed by atoms with Gasteiger partial charge in [-0.3, -0.25) is 9.59 Å². The second kappa shape index (κ2) is 8.54. The molecule has 1 aromatic rings.